The molecule has 0 aliphatic carbocycles. The van der Waals surface area contributed by atoms with Crippen molar-refractivity contribution in [2.24, 2.45) is 0 Å². The molecule has 2 aromatic carbocycles. The fourth-order valence-electron chi connectivity index (χ4n) is 3.23. The number of non-ortho nitro benzene ring substituents is 1. The van der Waals surface area contributed by atoms with Crippen molar-refractivity contribution in [2.75, 3.05) is 13.1 Å². The summed E-state index contributed by atoms with van der Waals surface area (Å²) in [6.45, 7) is 2.74. The van der Waals surface area contributed by atoms with Gasteiger partial charge >= 0.3 is 5.97 Å². The Morgan fingerprint density at radius 1 is 1.11 bits per heavy atom. The molecule has 2 aromatic rings. The van der Waals surface area contributed by atoms with Crippen molar-refractivity contribution in [3.8, 4) is 5.75 Å². The third-order valence-electron chi connectivity index (χ3n) is 4.65. The van der Waals surface area contributed by atoms with Gasteiger partial charge in [-0.1, -0.05) is 0 Å². The third kappa shape index (κ3) is 4.46. The molecule has 3 rings (SSSR count). The van der Waals surface area contributed by atoms with Gasteiger partial charge in [-0.15, -0.1) is 0 Å². The number of carboxylic acid groups (broad SMARTS) is 1. The van der Waals surface area contributed by atoms with Gasteiger partial charge in [-0.3, -0.25) is 14.9 Å². The number of aromatic carboxylic acids is 1. The summed E-state index contributed by atoms with van der Waals surface area (Å²) >= 11 is 0. The van der Waals surface area contributed by atoms with E-state index < -0.39 is 10.9 Å². The number of benzene rings is 2. The number of amides is 1. The number of carbonyl (C=O) groups excluding carboxylic acids is 1. The molecule has 1 heterocycles. The summed E-state index contributed by atoms with van der Waals surface area (Å²) in [7, 11) is 0. The first kappa shape index (κ1) is 19.3. The van der Waals surface area contributed by atoms with Gasteiger partial charge < -0.3 is 14.7 Å². The summed E-state index contributed by atoms with van der Waals surface area (Å²) in [4.78, 5) is 35.8. The second kappa shape index (κ2) is 8.08. The fraction of sp³-hybridized carbons (Fsp3) is 0.300. The number of nitro benzene ring substituents is 1. The molecule has 0 bridgehead atoms. The summed E-state index contributed by atoms with van der Waals surface area (Å²) in [6, 6.07) is 10.5. The molecule has 1 amide bonds. The largest absolute Gasteiger partial charge is 0.490 e. The molecule has 8 heteroatoms. The number of hydrogen-bond acceptors (Lipinski definition) is 5. The van der Waals surface area contributed by atoms with Crippen LogP contribution in [0, 0.1) is 17.0 Å². The monoisotopic (exact) mass is 384 g/mol. The molecule has 1 aliphatic rings. The third-order valence-corrected chi connectivity index (χ3v) is 4.65. The lowest BCUT2D eigenvalue weighted by Gasteiger charge is -2.32. The van der Waals surface area contributed by atoms with Gasteiger partial charge in [-0.05, 0) is 42.8 Å². The summed E-state index contributed by atoms with van der Waals surface area (Å²) in [6.07, 6.45) is 1.17. The quantitative estimate of drug-likeness (QED) is 0.626. The first-order valence-corrected chi connectivity index (χ1v) is 8.89. The van der Waals surface area contributed by atoms with E-state index in [0.29, 0.717) is 37.2 Å². The SMILES string of the molecule is Cc1cc(C(=O)O)cc(C(=O)N2CCC(Oc3ccc([N+](=O)[O-])cc3)CC2)c1. The van der Waals surface area contributed by atoms with Crippen molar-refractivity contribution in [3.63, 3.8) is 0 Å². The molecule has 0 radical (unpaired) electrons. The normalized spacial score (nSPS) is 14.5. The van der Waals surface area contributed by atoms with Crippen LogP contribution in [0.3, 0.4) is 0 Å². The van der Waals surface area contributed by atoms with Crippen LogP contribution in [0.25, 0.3) is 0 Å². The lowest BCUT2D eigenvalue weighted by atomic mass is 10.0. The minimum absolute atomic E-state index is 0.00616. The van der Waals surface area contributed by atoms with Crippen molar-refractivity contribution in [1.29, 1.82) is 0 Å². The number of ether oxygens (including phenoxy) is 1. The zero-order chi connectivity index (χ0) is 20.3. The molecule has 0 spiro atoms. The average molecular weight is 384 g/mol. The van der Waals surface area contributed by atoms with E-state index in [1.54, 1.807) is 30.0 Å². The molecule has 28 heavy (non-hydrogen) atoms. The fourth-order valence-corrected chi connectivity index (χ4v) is 3.23. The van der Waals surface area contributed by atoms with Crippen LogP contribution in [0.2, 0.25) is 0 Å². The predicted octanol–water partition coefficient (Wildman–Crippen LogP) is 3.29. The zero-order valence-corrected chi connectivity index (χ0v) is 15.3. The molecule has 8 nitrogen and oxygen atoms in total. The van der Waals surface area contributed by atoms with Crippen LogP contribution in [-0.4, -0.2) is 46.0 Å². The van der Waals surface area contributed by atoms with Crippen LogP contribution in [0.15, 0.2) is 42.5 Å². The molecule has 0 unspecified atom stereocenters. The van der Waals surface area contributed by atoms with Crippen LogP contribution in [0.5, 0.6) is 5.75 Å². The van der Waals surface area contributed by atoms with E-state index in [2.05, 4.69) is 0 Å². The Morgan fingerprint density at radius 3 is 2.29 bits per heavy atom. The Balaban J connectivity index is 1.60. The number of nitrogens with zero attached hydrogens (tertiary/aromatic N) is 2. The predicted molar refractivity (Wildman–Crippen MR) is 101 cm³/mol. The number of hydrogen-bond donors (Lipinski definition) is 1. The topological polar surface area (TPSA) is 110 Å². The van der Waals surface area contributed by atoms with Crippen molar-refractivity contribution in [3.05, 3.63) is 69.3 Å². The van der Waals surface area contributed by atoms with Crippen LogP contribution in [0.1, 0.15) is 39.1 Å². The minimum atomic E-state index is -1.06. The number of nitro groups is 1. The molecule has 1 N–H and O–H groups in total. The van der Waals surface area contributed by atoms with Crippen molar-refractivity contribution >= 4 is 17.6 Å². The van der Waals surface area contributed by atoms with Crippen molar-refractivity contribution in [2.45, 2.75) is 25.9 Å². The highest BCUT2D eigenvalue weighted by molar-refractivity contribution is 5.97. The second-order valence-corrected chi connectivity index (χ2v) is 6.75. The molecular weight excluding hydrogens is 364 g/mol. The number of aryl methyl sites for hydroxylation is 1. The highest BCUT2D eigenvalue weighted by Gasteiger charge is 2.25. The number of rotatable bonds is 5. The van der Waals surface area contributed by atoms with E-state index in [1.807, 2.05) is 0 Å². The number of likely N-dealkylation sites (tertiary alicyclic amines) is 1. The van der Waals surface area contributed by atoms with E-state index >= 15 is 0 Å². The maximum absolute atomic E-state index is 12.7. The van der Waals surface area contributed by atoms with Gasteiger partial charge in [0.1, 0.15) is 11.9 Å². The Labute approximate surface area is 161 Å². The number of carbonyl (C=O) groups is 2. The smallest absolute Gasteiger partial charge is 0.335 e. The Kier molecular flexibility index (Phi) is 5.58. The molecule has 1 aliphatic heterocycles. The Hall–Kier alpha value is -3.42. The Bertz CT molecular complexity index is 901. The van der Waals surface area contributed by atoms with Crippen LogP contribution < -0.4 is 4.74 Å². The molecular formula is C20H20N2O6. The molecule has 146 valence electrons. The highest BCUT2D eigenvalue weighted by Crippen LogP contribution is 2.23. The van der Waals surface area contributed by atoms with Gasteiger partial charge in [-0.25, -0.2) is 4.79 Å². The maximum Gasteiger partial charge on any atom is 0.335 e. The van der Waals surface area contributed by atoms with E-state index in [9.17, 15) is 19.7 Å². The molecule has 0 aromatic heterocycles. The van der Waals surface area contributed by atoms with Crippen LogP contribution >= 0.6 is 0 Å². The lowest BCUT2D eigenvalue weighted by Crippen LogP contribution is -2.41. The summed E-state index contributed by atoms with van der Waals surface area (Å²) in [5, 5.41) is 19.9. The van der Waals surface area contributed by atoms with Gasteiger partial charge in [0.05, 0.1) is 10.5 Å². The van der Waals surface area contributed by atoms with Crippen LogP contribution in [-0.2, 0) is 0 Å². The average Bonchev–Trinajstić information content (AvgIpc) is 2.68. The van der Waals surface area contributed by atoms with Gasteiger partial charge in [0.25, 0.3) is 11.6 Å². The van der Waals surface area contributed by atoms with Gasteiger partial charge in [0, 0.05) is 43.6 Å². The maximum atomic E-state index is 12.7. The summed E-state index contributed by atoms with van der Waals surface area (Å²) in [5.74, 6) is -0.701. The zero-order valence-electron chi connectivity index (χ0n) is 15.3. The summed E-state index contributed by atoms with van der Waals surface area (Å²) < 4.78 is 5.86. The van der Waals surface area contributed by atoms with E-state index in [4.69, 9.17) is 9.84 Å². The lowest BCUT2D eigenvalue weighted by molar-refractivity contribution is -0.384. The highest BCUT2D eigenvalue weighted by atomic mass is 16.6. The van der Waals surface area contributed by atoms with Gasteiger partial charge in [-0.2, -0.15) is 0 Å². The van der Waals surface area contributed by atoms with Gasteiger partial charge in [0.15, 0.2) is 0 Å². The van der Waals surface area contributed by atoms with E-state index in [0.717, 1.165) is 5.56 Å². The van der Waals surface area contributed by atoms with Crippen molar-refractivity contribution < 1.29 is 24.4 Å². The van der Waals surface area contributed by atoms with Crippen LogP contribution in [0.4, 0.5) is 5.69 Å². The first-order valence-electron chi connectivity index (χ1n) is 8.89. The Morgan fingerprint density at radius 2 is 1.71 bits per heavy atom. The van der Waals surface area contributed by atoms with E-state index in [1.165, 1.54) is 24.3 Å². The second-order valence-electron chi connectivity index (χ2n) is 6.75. The summed E-state index contributed by atoms with van der Waals surface area (Å²) in [5.41, 5.74) is 1.19. The standard InChI is InChI=1S/C20H20N2O6/c1-13-10-14(12-15(11-13)20(24)25)19(23)21-8-6-18(7-9-21)28-17-4-2-16(3-5-17)22(26)27/h2-5,10-12,18H,6-9H2,1H3,(H,24,25). The molecule has 1 saturated heterocycles. The minimum Gasteiger partial charge on any atom is -0.490 e. The first-order chi connectivity index (χ1) is 13.3. The molecule has 0 atom stereocenters. The van der Waals surface area contributed by atoms with Crippen molar-refractivity contribution in [1.82, 2.24) is 4.90 Å². The molecule has 0 saturated carbocycles. The molecule has 1 fully saturated rings. The van der Waals surface area contributed by atoms with E-state index in [-0.39, 0.29) is 23.3 Å². The van der Waals surface area contributed by atoms with Gasteiger partial charge in [0.2, 0.25) is 0 Å². The number of piperidine rings is 1. The number of carboxylic acids is 1.